The van der Waals surface area contributed by atoms with Crippen LogP contribution < -0.4 is 0 Å². The summed E-state index contributed by atoms with van der Waals surface area (Å²) in [6.07, 6.45) is -4.48. The average molecular weight is 315 g/mol. The number of hydrogen-bond acceptors (Lipinski definition) is 4. The highest BCUT2D eigenvalue weighted by Crippen LogP contribution is 2.37. The van der Waals surface area contributed by atoms with Crippen molar-refractivity contribution in [1.29, 1.82) is 0 Å². The van der Waals surface area contributed by atoms with Gasteiger partial charge in [0.15, 0.2) is 0 Å². The fourth-order valence-corrected chi connectivity index (χ4v) is 2.58. The molecule has 0 aliphatic heterocycles. The summed E-state index contributed by atoms with van der Waals surface area (Å²) in [6.45, 7) is 1.94. The molecule has 0 saturated heterocycles. The lowest BCUT2D eigenvalue weighted by atomic mass is 10.1. The van der Waals surface area contributed by atoms with Gasteiger partial charge in [0.05, 0.1) is 24.3 Å². The zero-order valence-electron chi connectivity index (χ0n) is 11.1. The molecule has 0 bridgehead atoms. The van der Waals surface area contributed by atoms with Crippen molar-refractivity contribution >= 4 is 17.3 Å². The number of benzene rings is 1. The van der Waals surface area contributed by atoms with Gasteiger partial charge in [-0.3, -0.25) is 4.79 Å². The maximum Gasteiger partial charge on any atom is 0.417 e. The lowest BCUT2D eigenvalue weighted by Gasteiger charge is -2.10. The van der Waals surface area contributed by atoms with Crippen molar-refractivity contribution in [2.75, 3.05) is 6.61 Å². The van der Waals surface area contributed by atoms with Gasteiger partial charge in [-0.05, 0) is 13.0 Å². The first kappa shape index (κ1) is 15.5. The Balaban J connectivity index is 2.28. The van der Waals surface area contributed by atoms with E-state index in [2.05, 4.69) is 4.98 Å². The molecule has 0 radical (unpaired) electrons. The molecule has 0 N–H and O–H groups in total. The molecule has 21 heavy (non-hydrogen) atoms. The van der Waals surface area contributed by atoms with Crippen LogP contribution in [0.3, 0.4) is 0 Å². The van der Waals surface area contributed by atoms with Crippen molar-refractivity contribution in [3.63, 3.8) is 0 Å². The molecular weight excluding hydrogens is 303 g/mol. The summed E-state index contributed by atoms with van der Waals surface area (Å²) < 4.78 is 43.6. The Kier molecular flexibility index (Phi) is 4.62. The van der Waals surface area contributed by atoms with Gasteiger partial charge in [-0.2, -0.15) is 13.2 Å². The topological polar surface area (TPSA) is 39.2 Å². The summed E-state index contributed by atoms with van der Waals surface area (Å²) in [5.41, 5.74) is -0.512. The Morgan fingerprint density at radius 2 is 2.05 bits per heavy atom. The van der Waals surface area contributed by atoms with Gasteiger partial charge in [-0.15, -0.1) is 11.3 Å². The maximum atomic E-state index is 13.0. The first-order valence-corrected chi connectivity index (χ1v) is 7.06. The van der Waals surface area contributed by atoms with Crippen LogP contribution in [0.25, 0.3) is 11.3 Å². The first-order chi connectivity index (χ1) is 9.91. The molecule has 3 nitrogen and oxygen atoms in total. The van der Waals surface area contributed by atoms with Crippen LogP contribution >= 0.6 is 11.3 Å². The number of thiazole rings is 1. The summed E-state index contributed by atoms with van der Waals surface area (Å²) >= 11 is 1.14. The fourth-order valence-electron chi connectivity index (χ4n) is 1.80. The monoisotopic (exact) mass is 315 g/mol. The van der Waals surface area contributed by atoms with Crippen LogP contribution in [0.1, 0.15) is 17.5 Å². The van der Waals surface area contributed by atoms with E-state index in [0.717, 1.165) is 17.4 Å². The largest absolute Gasteiger partial charge is 0.466 e. The number of carbonyl (C=O) groups excluding carboxylic acids is 1. The van der Waals surface area contributed by atoms with Crippen molar-refractivity contribution in [2.24, 2.45) is 0 Å². The molecule has 2 rings (SSSR count). The predicted molar refractivity (Wildman–Crippen MR) is 72.9 cm³/mol. The quantitative estimate of drug-likeness (QED) is 0.802. The Morgan fingerprint density at radius 1 is 1.33 bits per heavy atom. The second-order valence-electron chi connectivity index (χ2n) is 4.15. The van der Waals surface area contributed by atoms with E-state index in [1.165, 1.54) is 23.6 Å². The van der Waals surface area contributed by atoms with Gasteiger partial charge < -0.3 is 4.74 Å². The predicted octanol–water partition coefficient (Wildman–Crippen LogP) is 3.93. The van der Waals surface area contributed by atoms with Crippen LogP contribution in [0.15, 0.2) is 29.6 Å². The normalized spacial score (nSPS) is 11.4. The van der Waals surface area contributed by atoms with Crippen LogP contribution in [-0.4, -0.2) is 17.6 Å². The first-order valence-electron chi connectivity index (χ1n) is 6.18. The number of aromatic nitrogens is 1. The minimum atomic E-state index is -4.44. The van der Waals surface area contributed by atoms with Crippen LogP contribution in [0.4, 0.5) is 13.2 Å². The summed E-state index contributed by atoms with van der Waals surface area (Å²) in [5.74, 6) is -0.442. The van der Waals surface area contributed by atoms with E-state index >= 15 is 0 Å². The molecule has 0 spiro atoms. The highest BCUT2D eigenvalue weighted by atomic mass is 32.1. The number of esters is 1. The number of alkyl halides is 3. The average Bonchev–Trinajstić information content (AvgIpc) is 2.86. The van der Waals surface area contributed by atoms with E-state index in [1.54, 1.807) is 6.92 Å². The third kappa shape index (κ3) is 3.81. The highest BCUT2D eigenvalue weighted by Gasteiger charge is 2.33. The number of hydrogen-bond donors (Lipinski definition) is 0. The number of carbonyl (C=O) groups is 1. The van der Waals surface area contributed by atoms with E-state index in [0.29, 0.717) is 5.01 Å². The third-order valence-corrected chi connectivity index (χ3v) is 3.51. The van der Waals surface area contributed by atoms with Gasteiger partial charge in [0.2, 0.25) is 0 Å². The summed E-state index contributed by atoms with van der Waals surface area (Å²) in [5, 5.41) is 1.94. The number of ether oxygens (including phenoxy) is 1. The molecule has 7 heteroatoms. The molecule has 112 valence electrons. The minimum absolute atomic E-state index is 0.0105. The van der Waals surface area contributed by atoms with Crippen molar-refractivity contribution in [3.8, 4) is 11.3 Å². The Bertz CT molecular complexity index is 637. The Morgan fingerprint density at radius 3 is 2.71 bits per heavy atom. The molecule has 0 amide bonds. The van der Waals surface area contributed by atoms with Gasteiger partial charge in [0, 0.05) is 10.9 Å². The van der Waals surface area contributed by atoms with Gasteiger partial charge in [0.1, 0.15) is 5.01 Å². The number of halogens is 3. The SMILES string of the molecule is CCOC(=O)Cc1nc(-c2ccccc2C(F)(F)F)cs1. The van der Waals surface area contributed by atoms with Gasteiger partial charge in [-0.1, -0.05) is 18.2 Å². The molecule has 0 atom stereocenters. The third-order valence-electron chi connectivity index (χ3n) is 2.66. The van der Waals surface area contributed by atoms with Crippen molar-refractivity contribution in [2.45, 2.75) is 19.5 Å². The molecule has 0 unspecified atom stereocenters. The summed E-state index contributed by atoms with van der Waals surface area (Å²) in [4.78, 5) is 15.4. The van der Waals surface area contributed by atoms with Crippen molar-refractivity contribution in [3.05, 3.63) is 40.2 Å². The second kappa shape index (κ2) is 6.26. The Hall–Kier alpha value is -1.89. The minimum Gasteiger partial charge on any atom is -0.466 e. The van der Waals surface area contributed by atoms with Crippen molar-refractivity contribution in [1.82, 2.24) is 4.98 Å². The van der Waals surface area contributed by atoms with E-state index in [-0.39, 0.29) is 24.3 Å². The molecule has 1 aromatic heterocycles. The Labute approximate surface area is 123 Å². The number of rotatable bonds is 4. The molecule has 2 aromatic rings. The van der Waals surface area contributed by atoms with E-state index in [9.17, 15) is 18.0 Å². The van der Waals surface area contributed by atoms with Crippen LogP contribution in [0.2, 0.25) is 0 Å². The molecular formula is C14H12F3NO2S. The highest BCUT2D eigenvalue weighted by molar-refractivity contribution is 7.10. The lowest BCUT2D eigenvalue weighted by molar-refractivity contribution is -0.142. The molecule has 0 fully saturated rings. The zero-order chi connectivity index (χ0) is 15.5. The van der Waals surface area contributed by atoms with Crippen LogP contribution in [0, 0.1) is 0 Å². The van der Waals surface area contributed by atoms with E-state index in [1.807, 2.05) is 0 Å². The van der Waals surface area contributed by atoms with Crippen molar-refractivity contribution < 1.29 is 22.7 Å². The van der Waals surface area contributed by atoms with Crippen LogP contribution in [-0.2, 0) is 22.1 Å². The van der Waals surface area contributed by atoms with Gasteiger partial charge in [0.25, 0.3) is 0 Å². The summed E-state index contributed by atoms with van der Waals surface area (Å²) in [7, 11) is 0. The van der Waals surface area contributed by atoms with Crippen LogP contribution in [0.5, 0.6) is 0 Å². The van der Waals surface area contributed by atoms with Gasteiger partial charge >= 0.3 is 12.1 Å². The second-order valence-corrected chi connectivity index (χ2v) is 5.09. The molecule has 1 heterocycles. The molecule has 1 aromatic carbocycles. The van der Waals surface area contributed by atoms with E-state index < -0.39 is 17.7 Å². The standard InChI is InChI=1S/C14H12F3NO2S/c1-2-20-13(19)7-12-18-11(8-21-12)9-5-3-4-6-10(9)14(15,16)17/h3-6,8H,2,7H2,1H3. The van der Waals surface area contributed by atoms with Gasteiger partial charge in [-0.25, -0.2) is 4.98 Å². The van der Waals surface area contributed by atoms with E-state index in [4.69, 9.17) is 4.74 Å². The molecule has 0 saturated carbocycles. The molecule has 0 aliphatic rings. The lowest BCUT2D eigenvalue weighted by Crippen LogP contribution is -2.08. The zero-order valence-corrected chi connectivity index (χ0v) is 11.9. The molecule has 0 aliphatic carbocycles. The maximum absolute atomic E-state index is 13.0. The smallest absolute Gasteiger partial charge is 0.417 e. The fraction of sp³-hybridized carbons (Fsp3) is 0.286. The summed E-state index contributed by atoms with van der Waals surface area (Å²) in [6, 6.07) is 5.23. The number of nitrogens with zero attached hydrogens (tertiary/aromatic N) is 1.